The Labute approximate surface area is 116 Å². The summed E-state index contributed by atoms with van der Waals surface area (Å²) < 4.78 is 2.21. The van der Waals surface area contributed by atoms with Crippen molar-refractivity contribution >= 4 is 0 Å². The van der Waals surface area contributed by atoms with Crippen molar-refractivity contribution < 1.29 is 0 Å². The lowest BCUT2D eigenvalue weighted by molar-refractivity contribution is 0.544. The molecule has 1 N–H and O–H groups in total. The lowest BCUT2D eigenvalue weighted by Gasteiger charge is -2.14. The summed E-state index contributed by atoms with van der Waals surface area (Å²) in [7, 11) is 0. The van der Waals surface area contributed by atoms with Gasteiger partial charge in [-0.25, -0.2) is 0 Å². The minimum absolute atomic E-state index is 0.492. The molecular weight excluding hydrogens is 232 g/mol. The topological polar surface area (TPSA) is 17.0 Å². The second kappa shape index (κ2) is 6.58. The molecule has 2 aromatic rings. The monoisotopic (exact) mass is 256 g/mol. The van der Waals surface area contributed by atoms with Crippen LogP contribution in [0.2, 0.25) is 0 Å². The maximum absolute atomic E-state index is 3.60. The molecule has 102 valence electrons. The Morgan fingerprint density at radius 3 is 2.68 bits per heavy atom. The van der Waals surface area contributed by atoms with Gasteiger partial charge in [0, 0.05) is 31.5 Å². The molecule has 0 radical (unpaired) electrons. The van der Waals surface area contributed by atoms with E-state index >= 15 is 0 Å². The second-order valence-corrected chi connectivity index (χ2v) is 5.26. The maximum Gasteiger partial charge on any atom is 0.0223 e. The first-order valence-corrected chi connectivity index (χ1v) is 7.11. The van der Waals surface area contributed by atoms with E-state index < -0.39 is 0 Å². The van der Waals surface area contributed by atoms with Gasteiger partial charge in [0.2, 0.25) is 0 Å². The van der Waals surface area contributed by atoms with Crippen LogP contribution in [0, 0.1) is 6.92 Å². The van der Waals surface area contributed by atoms with Crippen LogP contribution in [0.25, 0.3) is 0 Å². The maximum atomic E-state index is 3.60. The molecule has 0 amide bonds. The molecule has 19 heavy (non-hydrogen) atoms. The summed E-state index contributed by atoms with van der Waals surface area (Å²) >= 11 is 0. The third-order valence-corrected chi connectivity index (χ3v) is 3.62. The van der Waals surface area contributed by atoms with E-state index in [4.69, 9.17) is 0 Å². The molecule has 1 atom stereocenters. The largest absolute Gasteiger partial charge is 0.354 e. The van der Waals surface area contributed by atoms with Crippen LogP contribution in [0.5, 0.6) is 0 Å². The van der Waals surface area contributed by atoms with Crippen molar-refractivity contribution in [2.75, 3.05) is 0 Å². The number of rotatable bonds is 6. The van der Waals surface area contributed by atoms with Crippen LogP contribution >= 0.6 is 0 Å². The predicted molar refractivity (Wildman–Crippen MR) is 81.3 cm³/mol. The molecular formula is C17H24N2. The number of hydrogen-bond acceptors (Lipinski definition) is 1. The number of aryl methyl sites for hydroxylation is 2. The van der Waals surface area contributed by atoms with Crippen molar-refractivity contribution in [3.05, 3.63) is 59.4 Å². The van der Waals surface area contributed by atoms with E-state index in [1.54, 1.807) is 0 Å². The van der Waals surface area contributed by atoms with Crippen LogP contribution in [0.1, 0.15) is 30.5 Å². The Morgan fingerprint density at radius 1 is 1.21 bits per heavy atom. The molecule has 0 aliphatic heterocycles. The highest BCUT2D eigenvalue weighted by Crippen LogP contribution is 2.10. The van der Waals surface area contributed by atoms with Crippen LogP contribution < -0.4 is 5.32 Å². The fourth-order valence-electron chi connectivity index (χ4n) is 2.33. The van der Waals surface area contributed by atoms with Crippen LogP contribution in [0.15, 0.2) is 42.7 Å². The SMILES string of the molecule is CCn1ccc(CNC(C)Cc2ccccc2C)c1. The van der Waals surface area contributed by atoms with Gasteiger partial charge in [-0.2, -0.15) is 0 Å². The van der Waals surface area contributed by atoms with Gasteiger partial charge in [0.15, 0.2) is 0 Å². The van der Waals surface area contributed by atoms with E-state index in [2.05, 4.69) is 73.4 Å². The number of nitrogens with one attached hydrogen (secondary N) is 1. The number of benzene rings is 1. The Hall–Kier alpha value is -1.54. The molecule has 0 fully saturated rings. The van der Waals surface area contributed by atoms with Gasteiger partial charge in [-0.15, -0.1) is 0 Å². The summed E-state index contributed by atoms with van der Waals surface area (Å²) in [5, 5.41) is 3.60. The average Bonchev–Trinajstić information content (AvgIpc) is 2.87. The molecule has 0 bridgehead atoms. The highest BCUT2D eigenvalue weighted by molar-refractivity contribution is 5.26. The summed E-state index contributed by atoms with van der Waals surface area (Å²) in [5.41, 5.74) is 4.18. The first-order valence-electron chi connectivity index (χ1n) is 7.11. The van der Waals surface area contributed by atoms with Crippen LogP contribution in [0.3, 0.4) is 0 Å². The molecule has 2 heteroatoms. The van der Waals surface area contributed by atoms with Crippen molar-refractivity contribution in [2.45, 2.75) is 46.3 Å². The molecule has 1 aromatic carbocycles. The van der Waals surface area contributed by atoms with Crippen molar-refractivity contribution in [3.8, 4) is 0 Å². The first kappa shape index (κ1) is 13.9. The smallest absolute Gasteiger partial charge is 0.0223 e. The number of aromatic nitrogens is 1. The van der Waals surface area contributed by atoms with Gasteiger partial charge >= 0.3 is 0 Å². The highest BCUT2D eigenvalue weighted by Gasteiger charge is 2.05. The van der Waals surface area contributed by atoms with E-state index in [-0.39, 0.29) is 0 Å². The van der Waals surface area contributed by atoms with Crippen LogP contribution in [-0.4, -0.2) is 10.6 Å². The van der Waals surface area contributed by atoms with Gasteiger partial charge in [0.25, 0.3) is 0 Å². The van der Waals surface area contributed by atoms with Crippen LogP contribution in [0.4, 0.5) is 0 Å². The van der Waals surface area contributed by atoms with Crippen molar-refractivity contribution in [3.63, 3.8) is 0 Å². The van der Waals surface area contributed by atoms with Gasteiger partial charge in [0.1, 0.15) is 0 Å². The van der Waals surface area contributed by atoms with Gasteiger partial charge in [0.05, 0.1) is 0 Å². The zero-order valence-corrected chi connectivity index (χ0v) is 12.2. The lowest BCUT2D eigenvalue weighted by atomic mass is 10.0. The van der Waals surface area contributed by atoms with Crippen molar-refractivity contribution in [1.29, 1.82) is 0 Å². The van der Waals surface area contributed by atoms with Crippen molar-refractivity contribution in [2.24, 2.45) is 0 Å². The minimum atomic E-state index is 0.492. The Kier molecular flexibility index (Phi) is 4.80. The minimum Gasteiger partial charge on any atom is -0.354 e. The summed E-state index contributed by atoms with van der Waals surface area (Å²) in [6.45, 7) is 8.59. The molecule has 2 nitrogen and oxygen atoms in total. The lowest BCUT2D eigenvalue weighted by Crippen LogP contribution is -2.27. The quantitative estimate of drug-likeness (QED) is 0.836. The van der Waals surface area contributed by atoms with Gasteiger partial charge in [-0.3, -0.25) is 0 Å². The molecule has 1 unspecified atom stereocenters. The van der Waals surface area contributed by atoms with E-state index in [0.29, 0.717) is 6.04 Å². The molecule has 0 spiro atoms. The highest BCUT2D eigenvalue weighted by atomic mass is 14.9. The van der Waals surface area contributed by atoms with E-state index in [1.165, 1.54) is 16.7 Å². The Balaban J connectivity index is 1.84. The fourth-order valence-corrected chi connectivity index (χ4v) is 2.33. The summed E-state index contributed by atoms with van der Waals surface area (Å²) in [4.78, 5) is 0. The van der Waals surface area contributed by atoms with Gasteiger partial charge in [-0.1, -0.05) is 24.3 Å². The van der Waals surface area contributed by atoms with E-state index in [0.717, 1.165) is 19.5 Å². The molecule has 0 aliphatic rings. The van der Waals surface area contributed by atoms with Crippen molar-refractivity contribution in [1.82, 2.24) is 9.88 Å². The summed E-state index contributed by atoms with van der Waals surface area (Å²) in [6, 6.07) is 11.3. The molecule has 1 heterocycles. The van der Waals surface area contributed by atoms with E-state index in [9.17, 15) is 0 Å². The summed E-state index contributed by atoms with van der Waals surface area (Å²) in [5.74, 6) is 0. The number of nitrogens with zero attached hydrogens (tertiary/aromatic N) is 1. The third kappa shape index (κ3) is 3.97. The molecule has 0 saturated carbocycles. The fraction of sp³-hybridized carbons (Fsp3) is 0.412. The zero-order chi connectivity index (χ0) is 13.7. The molecule has 0 saturated heterocycles. The standard InChI is InChI=1S/C17H24N2/c1-4-19-10-9-16(13-19)12-18-15(3)11-17-8-6-5-7-14(17)2/h5-10,13,15,18H,4,11-12H2,1-3H3. The summed E-state index contributed by atoms with van der Waals surface area (Å²) in [6.07, 6.45) is 5.44. The second-order valence-electron chi connectivity index (χ2n) is 5.26. The van der Waals surface area contributed by atoms with Crippen LogP contribution in [-0.2, 0) is 19.5 Å². The Morgan fingerprint density at radius 2 is 2.00 bits per heavy atom. The Bertz CT molecular complexity index is 513. The molecule has 0 aliphatic carbocycles. The van der Waals surface area contributed by atoms with E-state index in [1.807, 2.05) is 0 Å². The van der Waals surface area contributed by atoms with Gasteiger partial charge < -0.3 is 9.88 Å². The average molecular weight is 256 g/mol. The predicted octanol–water partition coefficient (Wildman–Crippen LogP) is 3.54. The zero-order valence-electron chi connectivity index (χ0n) is 12.2. The van der Waals surface area contributed by atoms with Gasteiger partial charge in [-0.05, 0) is 49.9 Å². The molecule has 2 rings (SSSR count). The normalized spacial score (nSPS) is 12.6. The molecule has 1 aromatic heterocycles. The third-order valence-electron chi connectivity index (χ3n) is 3.62. The number of hydrogen-bond donors (Lipinski definition) is 1. The first-order chi connectivity index (χ1) is 9.19.